The molecule has 1 heterocycles. The molecule has 1 aromatic rings. The molecular weight excluding hydrogens is 244 g/mol. The highest BCUT2D eigenvalue weighted by Gasteiger charge is 2.17. The standard InChI is InChI=1S/C7H8O4S3/c1-11-6(8)4-3-5(14(9)10)7(12-2)13-4/h3H,1-2H3,(H,9,10). The third-order valence-corrected chi connectivity index (χ3v) is 4.63. The minimum Gasteiger partial charge on any atom is -0.465 e. The molecule has 0 aliphatic carbocycles. The Morgan fingerprint density at radius 3 is 2.71 bits per heavy atom. The minimum atomic E-state index is -2.06. The predicted octanol–water partition coefficient (Wildman–Crippen LogP) is 1.84. The molecule has 1 atom stereocenters. The summed E-state index contributed by atoms with van der Waals surface area (Å²) in [5.41, 5.74) is 0. The fourth-order valence-electron chi connectivity index (χ4n) is 0.823. The molecule has 0 saturated carbocycles. The smallest absolute Gasteiger partial charge is 0.348 e. The van der Waals surface area contributed by atoms with Gasteiger partial charge in [-0.25, -0.2) is 9.00 Å². The van der Waals surface area contributed by atoms with Crippen LogP contribution in [0.4, 0.5) is 0 Å². The average Bonchev–Trinajstić information content (AvgIpc) is 2.60. The van der Waals surface area contributed by atoms with Crippen LogP contribution in [0.1, 0.15) is 9.67 Å². The summed E-state index contributed by atoms with van der Waals surface area (Å²) >= 11 is 0.430. The molecule has 7 heteroatoms. The second-order valence-corrected chi connectivity index (χ2v) is 5.27. The largest absolute Gasteiger partial charge is 0.465 e. The number of methoxy groups -OCH3 is 1. The highest BCUT2D eigenvalue weighted by atomic mass is 32.2. The topological polar surface area (TPSA) is 63.6 Å². The highest BCUT2D eigenvalue weighted by Crippen LogP contribution is 2.32. The Labute approximate surface area is 91.9 Å². The summed E-state index contributed by atoms with van der Waals surface area (Å²) < 4.78 is 24.9. The third kappa shape index (κ3) is 2.35. The van der Waals surface area contributed by atoms with Gasteiger partial charge >= 0.3 is 5.97 Å². The van der Waals surface area contributed by atoms with Gasteiger partial charge in [-0.2, -0.15) is 0 Å². The number of ether oxygens (including phenoxy) is 1. The van der Waals surface area contributed by atoms with Crippen LogP contribution >= 0.6 is 23.1 Å². The maximum Gasteiger partial charge on any atom is 0.348 e. The highest BCUT2D eigenvalue weighted by molar-refractivity contribution is 8.00. The quantitative estimate of drug-likeness (QED) is 0.505. The zero-order valence-electron chi connectivity index (χ0n) is 7.47. The monoisotopic (exact) mass is 252 g/mol. The summed E-state index contributed by atoms with van der Waals surface area (Å²) in [5.74, 6) is -0.484. The van der Waals surface area contributed by atoms with Crippen molar-refractivity contribution in [2.24, 2.45) is 0 Å². The lowest BCUT2D eigenvalue weighted by molar-refractivity contribution is 0.0606. The molecule has 0 aromatic carbocycles. The van der Waals surface area contributed by atoms with Crippen LogP contribution in [0.15, 0.2) is 15.2 Å². The summed E-state index contributed by atoms with van der Waals surface area (Å²) in [6.45, 7) is 0. The van der Waals surface area contributed by atoms with Crippen molar-refractivity contribution < 1.29 is 18.3 Å². The first-order valence-corrected chi connectivity index (χ1v) is 6.62. The van der Waals surface area contributed by atoms with Crippen LogP contribution < -0.4 is 0 Å². The average molecular weight is 252 g/mol. The molecule has 78 valence electrons. The molecule has 0 bridgehead atoms. The molecule has 1 aromatic heterocycles. The summed E-state index contributed by atoms with van der Waals surface area (Å²) in [5, 5.41) is 0. The molecule has 1 N–H and O–H groups in total. The molecule has 0 aliphatic heterocycles. The Morgan fingerprint density at radius 2 is 2.36 bits per heavy atom. The number of thioether (sulfide) groups is 1. The van der Waals surface area contributed by atoms with Crippen molar-refractivity contribution in [2.45, 2.75) is 9.10 Å². The van der Waals surface area contributed by atoms with Gasteiger partial charge in [0.05, 0.1) is 16.2 Å². The Hall–Kier alpha value is -0.370. The summed E-state index contributed by atoms with van der Waals surface area (Å²) in [4.78, 5) is 11.7. The fourth-order valence-corrected chi connectivity index (χ4v) is 3.63. The lowest BCUT2D eigenvalue weighted by Gasteiger charge is -1.91. The van der Waals surface area contributed by atoms with E-state index in [9.17, 15) is 9.00 Å². The normalized spacial score (nSPS) is 12.5. The van der Waals surface area contributed by atoms with Gasteiger partial charge in [0.25, 0.3) is 0 Å². The lowest BCUT2D eigenvalue weighted by atomic mass is 10.5. The summed E-state index contributed by atoms with van der Waals surface area (Å²) in [6, 6.07) is 1.39. The van der Waals surface area contributed by atoms with Crippen LogP contribution in [0.5, 0.6) is 0 Å². The van der Waals surface area contributed by atoms with Gasteiger partial charge in [-0.3, -0.25) is 0 Å². The lowest BCUT2D eigenvalue weighted by Crippen LogP contribution is -1.97. The Kier molecular flexibility index (Phi) is 4.11. The molecule has 1 rings (SSSR count). The van der Waals surface area contributed by atoms with E-state index in [1.54, 1.807) is 6.26 Å². The first-order chi connectivity index (χ1) is 6.60. The second kappa shape index (κ2) is 4.92. The number of esters is 1. The van der Waals surface area contributed by atoms with E-state index < -0.39 is 17.0 Å². The zero-order chi connectivity index (χ0) is 10.7. The molecule has 4 nitrogen and oxygen atoms in total. The van der Waals surface area contributed by atoms with Crippen molar-refractivity contribution in [3.8, 4) is 0 Å². The van der Waals surface area contributed by atoms with Crippen molar-refractivity contribution in [1.82, 2.24) is 0 Å². The van der Waals surface area contributed by atoms with Crippen molar-refractivity contribution in [1.29, 1.82) is 0 Å². The van der Waals surface area contributed by atoms with E-state index in [0.717, 1.165) is 11.3 Å². The zero-order valence-corrected chi connectivity index (χ0v) is 9.92. The molecule has 1 unspecified atom stereocenters. The van der Waals surface area contributed by atoms with Gasteiger partial charge in [0.15, 0.2) is 11.1 Å². The first-order valence-electron chi connectivity index (χ1n) is 3.47. The van der Waals surface area contributed by atoms with Gasteiger partial charge in [0.1, 0.15) is 4.88 Å². The minimum absolute atomic E-state index is 0.267. The molecule has 0 spiro atoms. The van der Waals surface area contributed by atoms with Gasteiger partial charge < -0.3 is 9.29 Å². The molecule has 0 radical (unpaired) electrons. The van der Waals surface area contributed by atoms with Crippen LogP contribution in [0.25, 0.3) is 0 Å². The molecule has 0 saturated heterocycles. The van der Waals surface area contributed by atoms with Gasteiger partial charge in [0.2, 0.25) is 0 Å². The van der Waals surface area contributed by atoms with Crippen molar-refractivity contribution in [2.75, 3.05) is 13.4 Å². The molecule has 0 fully saturated rings. The Bertz CT molecular complexity index is 371. The van der Waals surface area contributed by atoms with Crippen LogP contribution in [-0.4, -0.2) is 28.1 Å². The Balaban J connectivity index is 3.13. The van der Waals surface area contributed by atoms with Gasteiger partial charge in [-0.05, 0) is 12.3 Å². The van der Waals surface area contributed by atoms with E-state index in [-0.39, 0.29) is 4.90 Å². The van der Waals surface area contributed by atoms with Crippen molar-refractivity contribution in [3.05, 3.63) is 10.9 Å². The van der Waals surface area contributed by atoms with Crippen LogP contribution in [-0.2, 0) is 15.8 Å². The van der Waals surface area contributed by atoms with Crippen LogP contribution in [0.3, 0.4) is 0 Å². The van der Waals surface area contributed by atoms with E-state index in [4.69, 9.17) is 4.55 Å². The number of carbonyl (C=O) groups is 1. The first kappa shape index (κ1) is 11.7. The van der Waals surface area contributed by atoms with Crippen LogP contribution in [0, 0.1) is 0 Å². The SMILES string of the molecule is COC(=O)c1cc(S(=O)O)c(SC)s1. The maximum atomic E-state index is 11.1. The van der Waals surface area contributed by atoms with E-state index in [0.29, 0.717) is 9.09 Å². The maximum absolute atomic E-state index is 11.1. The van der Waals surface area contributed by atoms with Crippen LogP contribution in [0.2, 0.25) is 0 Å². The van der Waals surface area contributed by atoms with Crippen molar-refractivity contribution in [3.63, 3.8) is 0 Å². The molecule has 0 amide bonds. The van der Waals surface area contributed by atoms with Gasteiger partial charge in [0, 0.05) is 0 Å². The number of hydrogen-bond donors (Lipinski definition) is 1. The number of hydrogen-bond acceptors (Lipinski definition) is 5. The second-order valence-electron chi connectivity index (χ2n) is 2.21. The van der Waals surface area contributed by atoms with E-state index >= 15 is 0 Å². The molecule has 0 aliphatic rings. The number of rotatable bonds is 3. The van der Waals surface area contributed by atoms with Gasteiger partial charge in [-0.1, -0.05) is 0 Å². The summed E-state index contributed by atoms with van der Waals surface area (Å²) in [6.07, 6.45) is 1.78. The van der Waals surface area contributed by atoms with E-state index in [1.165, 1.54) is 24.9 Å². The molecular formula is C7H8O4S3. The number of carbonyl (C=O) groups excluding carboxylic acids is 1. The van der Waals surface area contributed by atoms with E-state index in [1.807, 2.05) is 0 Å². The fraction of sp³-hybridized carbons (Fsp3) is 0.286. The third-order valence-electron chi connectivity index (χ3n) is 1.43. The summed E-state index contributed by atoms with van der Waals surface area (Å²) in [7, 11) is 1.27. The van der Waals surface area contributed by atoms with Crippen molar-refractivity contribution >= 4 is 40.1 Å². The van der Waals surface area contributed by atoms with Gasteiger partial charge in [-0.15, -0.1) is 23.1 Å². The molecule has 14 heavy (non-hydrogen) atoms. The number of thiophene rings is 1. The van der Waals surface area contributed by atoms with E-state index in [2.05, 4.69) is 4.74 Å². The Morgan fingerprint density at radius 1 is 1.71 bits per heavy atom. The predicted molar refractivity (Wildman–Crippen MR) is 56.5 cm³/mol.